The van der Waals surface area contributed by atoms with Gasteiger partial charge in [0.25, 0.3) is 5.79 Å². The molecule has 0 aromatic heterocycles. The first-order chi connectivity index (χ1) is 7.78. The van der Waals surface area contributed by atoms with E-state index in [1.165, 1.54) is 0 Å². The minimum atomic E-state index is -0.882. The highest BCUT2D eigenvalue weighted by molar-refractivity contribution is 5.94. The SMILES string of the molecule is O=C1OC23C=CC=CC2(O3)c2ccccc21. The molecule has 0 bridgehead atoms. The minimum absolute atomic E-state index is 0.316. The number of rotatable bonds is 0. The number of epoxide rings is 1. The molecular formula is C13H8O3. The van der Waals surface area contributed by atoms with E-state index >= 15 is 0 Å². The summed E-state index contributed by atoms with van der Waals surface area (Å²) in [5.74, 6) is -1.20. The predicted molar refractivity (Wildman–Crippen MR) is 55.6 cm³/mol. The van der Waals surface area contributed by atoms with Crippen LogP contribution in [0.5, 0.6) is 0 Å². The van der Waals surface area contributed by atoms with Gasteiger partial charge in [-0.1, -0.05) is 30.4 Å². The highest BCUT2D eigenvalue weighted by Gasteiger charge is 2.75. The lowest BCUT2D eigenvalue weighted by Crippen LogP contribution is -2.34. The monoisotopic (exact) mass is 212 g/mol. The Morgan fingerprint density at radius 2 is 1.88 bits per heavy atom. The molecule has 3 aliphatic rings. The van der Waals surface area contributed by atoms with Crippen LogP contribution in [0.15, 0.2) is 48.6 Å². The van der Waals surface area contributed by atoms with Gasteiger partial charge in [0.15, 0.2) is 5.60 Å². The molecule has 0 saturated carbocycles. The zero-order valence-corrected chi connectivity index (χ0v) is 8.34. The van der Waals surface area contributed by atoms with Crippen LogP contribution < -0.4 is 0 Å². The third-order valence-electron chi connectivity index (χ3n) is 3.34. The van der Waals surface area contributed by atoms with Gasteiger partial charge < -0.3 is 9.47 Å². The maximum atomic E-state index is 11.8. The summed E-state index contributed by atoms with van der Waals surface area (Å²) in [6.07, 6.45) is 7.49. The van der Waals surface area contributed by atoms with Crippen LogP contribution >= 0.6 is 0 Å². The first kappa shape index (κ1) is 8.30. The Morgan fingerprint density at radius 1 is 1.06 bits per heavy atom. The van der Waals surface area contributed by atoms with E-state index in [9.17, 15) is 4.79 Å². The van der Waals surface area contributed by atoms with Crippen LogP contribution in [0, 0.1) is 0 Å². The van der Waals surface area contributed by atoms with Crippen molar-refractivity contribution in [2.75, 3.05) is 0 Å². The lowest BCUT2D eigenvalue weighted by molar-refractivity contribution is 0.00234. The van der Waals surface area contributed by atoms with Crippen molar-refractivity contribution in [2.45, 2.75) is 11.4 Å². The van der Waals surface area contributed by atoms with Gasteiger partial charge >= 0.3 is 5.97 Å². The second kappa shape index (κ2) is 2.28. The highest BCUT2D eigenvalue weighted by Crippen LogP contribution is 2.63. The molecule has 1 aromatic rings. The third-order valence-corrected chi connectivity index (χ3v) is 3.34. The van der Waals surface area contributed by atoms with Crippen LogP contribution in [0.4, 0.5) is 0 Å². The maximum absolute atomic E-state index is 11.8. The first-order valence-corrected chi connectivity index (χ1v) is 5.18. The van der Waals surface area contributed by atoms with Gasteiger partial charge in [-0.05, 0) is 18.2 Å². The van der Waals surface area contributed by atoms with Gasteiger partial charge in [0.05, 0.1) is 5.56 Å². The molecule has 78 valence electrons. The standard InChI is InChI=1S/C13H8O3/c14-11-9-5-1-2-6-10(9)12-7-3-4-8-13(12,15-11)16-12/h1-8H. The van der Waals surface area contributed by atoms with E-state index in [2.05, 4.69) is 0 Å². The predicted octanol–water partition coefficient (Wildman–Crippen LogP) is 1.90. The van der Waals surface area contributed by atoms with Crippen molar-refractivity contribution in [2.24, 2.45) is 0 Å². The number of hydrogen-bond acceptors (Lipinski definition) is 3. The highest BCUT2D eigenvalue weighted by atomic mass is 16.8. The zero-order valence-electron chi connectivity index (χ0n) is 8.34. The topological polar surface area (TPSA) is 38.8 Å². The van der Waals surface area contributed by atoms with Gasteiger partial charge in [0.2, 0.25) is 0 Å². The summed E-state index contributed by atoms with van der Waals surface area (Å²) in [7, 11) is 0. The van der Waals surface area contributed by atoms with Crippen LogP contribution in [-0.4, -0.2) is 11.8 Å². The van der Waals surface area contributed by atoms with Gasteiger partial charge in [0, 0.05) is 5.56 Å². The Kier molecular flexibility index (Phi) is 1.18. The van der Waals surface area contributed by atoms with Crippen LogP contribution in [0.25, 0.3) is 0 Å². The Labute approximate surface area is 92.0 Å². The molecule has 1 aromatic carbocycles. The molecule has 1 saturated heterocycles. The van der Waals surface area contributed by atoms with E-state index in [1.54, 1.807) is 12.1 Å². The van der Waals surface area contributed by atoms with E-state index in [1.807, 2.05) is 36.4 Å². The van der Waals surface area contributed by atoms with Gasteiger partial charge in [-0.3, -0.25) is 0 Å². The second-order valence-corrected chi connectivity index (χ2v) is 4.16. The molecule has 0 amide bonds. The Hall–Kier alpha value is -1.87. The molecule has 2 atom stereocenters. The lowest BCUT2D eigenvalue weighted by Gasteiger charge is -2.24. The van der Waals surface area contributed by atoms with E-state index in [0.717, 1.165) is 5.56 Å². The fourth-order valence-electron chi connectivity index (χ4n) is 2.54. The van der Waals surface area contributed by atoms with Crippen LogP contribution in [-0.2, 0) is 15.1 Å². The number of hydrogen-bond donors (Lipinski definition) is 0. The molecule has 3 heteroatoms. The summed E-state index contributed by atoms with van der Waals surface area (Å²) < 4.78 is 11.1. The number of ether oxygens (including phenoxy) is 2. The van der Waals surface area contributed by atoms with Crippen molar-refractivity contribution in [3.05, 3.63) is 59.7 Å². The molecule has 4 rings (SSSR count). The molecule has 2 aliphatic heterocycles. The molecule has 3 nitrogen and oxygen atoms in total. The minimum Gasteiger partial charge on any atom is -0.421 e. The number of carbonyl (C=O) groups excluding carboxylic acids is 1. The molecule has 0 radical (unpaired) electrons. The normalized spacial score (nSPS) is 37.1. The number of benzene rings is 1. The molecule has 2 heterocycles. The van der Waals surface area contributed by atoms with Crippen LogP contribution in [0.1, 0.15) is 15.9 Å². The molecule has 0 N–H and O–H groups in total. The quantitative estimate of drug-likeness (QED) is 0.487. The Balaban J connectivity index is 2.03. The van der Waals surface area contributed by atoms with Crippen LogP contribution in [0.3, 0.4) is 0 Å². The maximum Gasteiger partial charge on any atom is 0.341 e. The number of esters is 1. The van der Waals surface area contributed by atoms with Crippen molar-refractivity contribution in [3.63, 3.8) is 0 Å². The largest absolute Gasteiger partial charge is 0.421 e. The third kappa shape index (κ3) is 0.706. The first-order valence-electron chi connectivity index (χ1n) is 5.18. The van der Waals surface area contributed by atoms with E-state index in [4.69, 9.17) is 9.47 Å². The Morgan fingerprint density at radius 3 is 2.81 bits per heavy atom. The van der Waals surface area contributed by atoms with E-state index < -0.39 is 11.4 Å². The molecule has 2 unspecified atom stereocenters. The summed E-state index contributed by atoms with van der Waals surface area (Å²) in [5, 5.41) is 0. The summed E-state index contributed by atoms with van der Waals surface area (Å²) >= 11 is 0. The number of fused-ring (bicyclic) bond motifs is 1. The second-order valence-electron chi connectivity index (χ2n) is 4.16. The van der Waals surface area contributed by atoms with Crippen molar-refractivity contribution < 1.29 is 14.3 Å². The molecule has 16 heavy (non-hydrogen) atoms. The van der Waals surface area contributed by atoms with Gasteiger partial charge in [-0.15, -0.1) is 0 Å². The number of carbonyl (C=O) groups is 1. The van der Waals surface area contributed by atoms with Gasteiger partial charge in [-0.25, -0.2) is 4.79 Å². The molecule has 0 spiro atoms. The summed E-state index contributed by atoms with van der Waals surface area (Å²) in [6.45, 7) is 0. The summed E-state index contributed by atoms with van der Waals surface area (Å²) in [5.41, 5.74) is 0.911. The molecule has 1 fully saturated rings. The summed E-state index contributed by atoms with van der Waals surface area (Å²) in [6, 6.07) is 7.42. The van der Waals surface area contributed by atoms with Crippen molar-refractivity contribution >= 4 is 5.97 Å². The van der Waals surface area contributed by atoms with Crippen molar-refractivity contribution in [1.29, 1.82) is 0 Å². The summed E-state index contributed by atoms with van der Waals surface area (Å²) in [4.78, 5) is 11.8. The van der Waals surface area contributed by atoms with Crippen molar-refractivity contribution in [1.82, 2.24) is 0 Å². The van der Waals surface area contributed by atoms with E-state index in [0.29, 0.717) is 5.56 Å². The smallest absolute Gasteiger partial charge is 0.341 e. The lowest BCUT2D eigenvalue weighted by atomic mass is 9.85. The van der Waals surface area contributed by atoms with E-state index in [-0.39, 0.29) is 5.97 Å². The number of allylic oxidation sites excluding steroid dienone is 2. The fourth-order valence-corrected chi connectivity index (χ4v) is 2.54. The average molecular weight is 212 g/mol. The van der Waals surface area contributed by atoms with Gasteiger partial charge in [0.1, 0.15) is 0 Å². The fraction of sp³-hybridized carbons (Fsp3) is 0.154. The Bertz CT molecular complexity index is 572. The zero-order chi connectivity index (χ0) is 10.8. The molecule has 1 aliphatic carbocycles. The molecular weight excluding hydrogens is 204 g/mol. The van der Waals surface area contributed by atoms with Crippen molar-refractivity contribution in [3.8, 4) is 0 Å². The average Bonchev–Trinajstić information content (AvgIpc) is 2.99. The van der Waals surface area contributed by atoms with Gasteiger partial charge in [-0.2, -0.15) is 0 Å². The van der Waals surface area contributed by atoms with Crippen LogP contribution in [0.2, 0.25) is 0 Å².